The van der Waals surface area contributed by atoms with Crippen LogP contribution in [0.15, 0.2) is 53.3 Å². The highest BCUT2D eigenvalue weighted by atomic mass is 16.2. The third-order valence-electron chi connectivity index (χ3n) is 4.97. The van der Waals surface area contributed by atoms with Crippen LogP contribution < -0.4 is 10.9 Å². The second-order valence-electron chi connectivity index (χ2n) is 7.25. The van der Waals surface area contributed by atoms with E-state index >= 15 is 0 Å². The molecular formula is C23H26N4O3. The summed E-state index contributed by atoms with van der Waals surface area (Å²) in [7, 11) is 0. The minimum atomic E-state index is -0.414. The molecule has 1 N–H and O–H groups in total. The fourth-order valence-electron chi connectivity index (χ4n) is 3.30. The van der Waals surface area contributed by atoms with E-state index in [0.29, 0.717) is 35.1 Å². The lowest BCUT2D eigenvalue weighted by Crippen LogP contribution is -2.30. The lowest BCUT2D eigenvalue weighted by atomic mass is 10.1. The monoisotopic (exact) mass is 406 g/mol. The molecule has 0 fully saturated rings. The average Bonchev–Trinajstić information content (AvgIpc) is 2.75. The van der Waals surface area contributed by atoms with Crippen molar-refractivity contribution in [3.8, 4) is 0 Å². The number of anilines is 1. The fraction of sp³-hybridized carbons (Fsp3) is 0.304. The van der Waals surface area contributed by atoms with Gasteiger partial charge in [0.15, 0.2) is 5.69 Å². The summed E-state index contributed by atoms with van der Waals surface area (Å²) in [4.78, 5) is 39.8. The van der Waals surface area contributed by atoms with Crippen molar-refractivity contribution in [2.45, 2.75) is 33.7 Å². The smallest absolute Gasteiger partial charge is 0.276 e. The number of hydrogen-bond acceptors (Lipinski definition) is 4. The largest absolute Gasteiger partial charge is 0.339 e. The first-order valence-corrected chi connectivity index (χ1v) is 10.1. The van der Waals surface area contributed by atoms with Crippen LogP contribution in [0, 0.1) is 0 Å². The summed E-state index contributed by atoms with van der Waals surface area (Å²) < 4.78 is 1.32. The van der Waals surface area contributed by atoms with Crippen molar-refractivity contribution in [1.82, 2.24) is 14.7 Å². The minimum Gasteiger partial charge on any atom is -0.339 e. The lowest BCUT2D eigenvalue weighted by Gasteiger charge is -2.18. The van der Waals surface area contributed by atoms with Gasteiger partial charge < -0.3 is 10.2 Å². The standard InChI is InChI=1S/C23H26N4O3/c1-5-26(6-2)22(29)16-11-13-17(14-12-16)24-21(28)20-18-9-7-8-10-19(18)23(30)27(25-20)15(3)4/h7-15H,5-6H2,1-4H3,(H,24,28). The highest BCUT2D eigenvalue weighted by Crippen LogP contribution is 2.18. The topological polar surface area (TPSA) is 84.3 Å². The van der Waals surface area contributed by atoms with Gasteiger partial charge in [0.25, 0.3) is 17.4 Å². The van der Waals surface area contributed by atoms with Gasteiger partial charge in [0.05, 0.1) is 11.4 Å². The Kier molecular flexibility index (Phi) is 6.30. The minimum absolute atomic E-state index is 0.0467. The molecule has 7 nitrogen and oxygen atoms in total. The molecule has 0 atom stereocenters. The van der Waals surface area contributed by atoms with Crippen molar-refractivity contribution in [3.63, 3.8) is 0 Å². The van der Waals surface area contributed by atoms with E-state index in [2.05, 4.69) is 10.4 Å². The highest BCUT2D eigenvalue weighted by molar-refractivity contribution is 6.11. The molecule has 2 amide bonds. The van der Waals surface area contributed by atoms with Gasteiger partial charge in [-0.3, -0.25) is 14.4 Å². The predicted molar refractivity (Wildman–Crippen MR) is 118 cm³/mol. The summed E-state index contributed by atoms with van der Waals surface area (Å²) in [5, 5.41) is 8.09. The van der Waals surface area contributed by atoms with Crippen LogP contribution in [0.5, 0.6) is 0 Å². The van der Waals surface area contributed by atoms with E-state index in [1.165, 1.54) is 4.68 Å². The van der Waals surface area contributed by atoms with E-state index in [9.17, 15) is 14.4 Å². The van der Waals surface area contributed by atoms with Crippen LogP contribution in [-0.4, -0.2) is 39.6 Å². The summed E-state index contributed by atoms with van der Waals surface area (Å²) in [6, 6.07) is 13.5. The molecule has 3 aromatic rings. The zero-order valence-corrected chi connectivity index (χ0v) is 17.7. The lowest BCUT2D eigenvalue weighted by molar-refractivity contribution is 0.0773. The Bertz CT molecular complexity index is 1130. The number of carbonyl (C=O) groups is 2. The van der Waals surface area contributed by atoms with Gasteiger partial charge in [-0.2, -0.15) is 5.10 Å². The Morgan fingerprint density at radius 1 is 1.00 bits per heavy atom. The number of aromatic nitrogens is 2. The zero-order chi connectivity index (χ0) is 21.8. The van der Waals surface area contributed by atoms with Crippen LogP contribution in [0.25, 0.3) is 10.8 Å². The van der Waals surface area contributed by atoms with Gasteiger partial charge in [-0.15, -0.1) is 0 Å². The van der Waals surface area contributed by atoms with E-state index in [-0.39, 0.29) is 23.2 Å². The molecule has 7 heteroatoms. The maximum Gasteiger partial charge on any atom is 0.276 e. The normalized spacial score (nSPS) is 11.0. The summed E-state index contributed by atoms with van der Waals surface area (Å²) in [6.07, 6.45) is 0. The summed E-state index contributed by atoms with van der Waals surface area (Å²) >= 11 is 0. The van der Waals surface area contributed by atoms with E-state index in [0.717, 1.165) is 0 Å². The van der Waals surface area contributed by atoms with E-state index in [1.54, 1.807) is 53.4 Å². The number of amides is 2. The van der Waals surface area contributed by atoms with Crippen molar-refractivity contribution in [3.05, 3.63) is 70.1 Å². The Hall–Kier alpha value is -3.48. The molecular weight excluding hydrogens is 380 g/mol. The number of benzene rings is 2. The zero-order valence-electron chi connectivity index (χ0n) is 17.7. The first kappa shape index (κ1) is 21.2. The predicted octanol–water partition coefficient (Wildman–Crippen LogP) is 3.71. The second-order valence-corrected chi connectivity index (χ2v) is 7.25. The third-order valence-corrected chi connectivity index (χ3v) is 4.97. The molecule has 0 radical (unpaired) electrons. The molecule has 0 saturated carbocycles. The molecule has 30 heavy (non-hydrogen) atoms. The molecule has 0 spiro atoms. The number of hydrogen-bond donors (Lipinski definition) is 1. The van der Waals surface area contributed by atoms with Crippen LogP contribution in [0.1, 0.15) is 54.6 Å². The molecule has 1 aromatic heterocycles. The third kappa shape index (κ3) is 4.10. The Morgan fingerprint density at radius 2 is 1.60 bits per heavy atom. The van der Waals surface area contributed by atoms with E-state index < -0.39 is 5.91 Å². The number of rotatable bonds is 6. The Labute approximate surface area is 175 Å². The van der Waals surface area contributed by atoms with Crippen molar-refractivity contribution in [1.29, 1.82) is 0 Å². The molecule has 156 valence electrons. The maximum absolute atomic E-state index is 13.0. The van der Waals surface area contributed by atoms with Gasteiger partial charge in [-0.25, -0.2) is 4.68 Å². The quantitative estimate of drug-likeness (QED) is 0.676. The van der Waals surface area contributed by atoms with Gasteiger partial charge in [0.1, 0.15) is 0 Å². The molecule has 0 saturated heterocycles. The molecule has 0 bridgehead atoms. The van der Waals surface area contributed by atoms with Gasteiger partial charge in [-0.05, 0) is 58.0 Å². The van der Waals surface area contributed by atoms with Crippen LogP contribution in [0.3, 0.4) is 0 Å². The van der Waals surface area contributed by atoms with Gasteiger partial charge in [0.2, 0.25) is 0 Å². The number of nitrogens with zero attached hydrogens (tertiary/aromatic N) is 3. The highest BCUT2D eigenvalue weighted by Gasteiger charge is 2.18. The van der Waals surface area contributed by atoms with Crippen molar-refractivity contribution in [2.75, 3.05) is 18.4 Å². The number of nitrogens with one attached hydrogen (secondary N) is 1. The van der Waals surface area contributed by atoms with Crippen LogP contribution in [-0.2, 0) is 0 Å². The Balaban J connectivity index is 1.91. The van der Waals surface area contributed by atoms with E-state index in [4.69, 9.17) is 0 Å². The molecule has 2 aromatic carbocycles. The first-order chi connectivity index (χ1) is 14.4. The maximum atomic E-state index is 13.0. The van der Waals surface area contributed by atoms with Crippen LogP contribution in [0.4, 0.5) is 5.69 Å². The van der Waals surface area contributed by atoms with Gasteiger partial charge in [-0.1, -0.05) is 18.2 Å². The number of fused-ring (bicyclic) bond motifs is 1. The van der Waals surface area contributed by atoms with Gasteiger partial charge in [0, 0.05) is 29.7 Å². The Morgan fingerprint density at radius 3 is 2.17 bits per heavy atom. The van der Waals surface area contributed by atoms with Crippen molar-refractivity contribution in [2.24, 2.45) is 0 Å². The summed E-state index contributed by atoms with van der Waals surface area (Å²) in [6.45, 7) is 8.83. The number of carbonyl (C=O) groups excluding carboxylic acids is 2. The SMILES string of the molecule is CCN(CC)C(=O)c1ccc(NC(=O)c2nn(C(C)C)c(=O)c3ccccc23)cc1. The average molecular weight is 406 g/mol. The van der Waals surface area contributed by atoms with Crippen molar-refractivity contribution < 1.29 is 9.59 Å². The second kappa shape index (κ2) is 8.90. The summed E-state index contributed by atoms with van der Waals surface area (Å²) in [5.41, 5.74) is 1.07. The van der Waals surface area contributed by atoms with E-state index in [1.807, 2.05) is 27.7 Å². The van der Waals surface area contributed by atoms with Gasteiger partial charge >= 0.3 is 0 Å². The molecule has 3 rings (SSSR count). The molecule has 0 aliphatic carbocycles. The van der Waals surface area contributed by atoms with Crippen LogP contribution in [0.2, 0.25) is 0 Å². The molecule has 0 aliphatic heterocycles. The summed E-state index contributed by atoms with van der Waals surface area (Å²) in [5.74, 6) is -0.460. The molecule has 0 aliphatic rings. The first-order valence-electron chi connectivity index (χ1n) is 10.1. The fourth-order valence-corrected chi connectivity index (χ4v) is 3.30. The molecule has 1 heterocycles. The van der Waals surface area contributed by atoms with Crippen molar-refractivity contribution >= 4 is 28.3 Å². The van der Waals surface area contributed by atoms with Crippen LogP contribution >= 0.6 is 0 Å². The molecule has 0 unspecified atom stereocenters.